The molecule has 9 heteroatoms. The van der Waals surface area contributed by atoms with E-state index in [1.807, 2.05) is 0 Å². The summed E-state index contributed by atoms with van der Waals surface area (Å²) >= 11 is 0. The van der Waals surface area contributed by atoms with Gasteiger partial charge in [0.25, 0.3) is 9.05 Å². The van der Waals surface area contributed by atoms with Crippen LogP contribution in [0.1, 0.15) is 13.8 Å². The van der Waals surface area contributed by atoms with Crippen molar-refractivity contribution in [2.24, 2.45) is 0 Å². The van der Waals surface area contributed by atoms with Gasteiger partial charge in [-0.05, 0) is 32.0 Å². The molecule has 0 aromatic heterocycles. The van der Waals surface area contributed by atoms with Gasteiger partial charge in [-0.1, -0.05) is 0 Å². The number of sulfone groups is 1. The monoisotopic (exact) mass is 344 g/mol. The molecule has 0 aliphatic rings. The first kappa shape index (κ1) is 17.2. The maximum absolute atomic E-state index is 13.6. The van der Waals surface area contributed by atoms with Gasteiger partial charge in [0.05, 0.1) is 15.9 Å². The largest absolute Gasteiger partial charge is 0.489 e. The van der Waals surface area contributed by atoms with E-state index < -0.39 is 30.0 Å². The van der Waals surface area contributed by atoms with Crippen LogP contribution in [0.15, 0.2) is 23.1 Å². The van der Waals surface area contributed by atoms with Gasteiger partial charge in [0.15, 0.2) is 21.4 Å². The topological polar surface area (TPSA) is 77.5 Å². The van der Waals surface area contributed by atoms with Gasteiger partial charge in [-0.3, -0.25) is 0 Å². The Morgan fingerprint density at radius 1 is 1.25 bits per heavy atom. The van der Waals surface area contributed by atoms with Crippen LogP contribution in [-0.4, -0.2) is 34.4 Å². The minimum absolute atomic E-state index is 0.218. The molecule has 1 aromatic carbocycles. The molecular formula is C11H14ClFO5S2. The standard InChI is InChI=1S/C11H14ClFO5S2/c1-8(2)19(14,15)6-5-18-11-4-3-9(7-10(11)13)20(12,16)17/h3-4,7-8H,5-6H2,1-2H3. The van der Waals surface area contributed by atoms with Crippen molar-refractivity contribution in [3.8, 4) is 5.75 Å². The third-order valence-corrected chi connectivity index (χ3v) is 6.05. The zero-order valence-electron chi connectivity index (χ0n) is 10.8. The molecule has 0 radical (unpaired) electrons. The van der Waals surface area contributed by atoms with Gasteiger partial charge in [0, 0.05) is 10.7 Å². The molecule has 0 unspecified atom stereocenters. The molecule has 0 bridgehead atoms. The highest BCUT2D eigenvalue weighted by Gasteiger charge is 2.17. The number of hydrogen-bond donors (Lipinski definition) is 0. The maximum Gasteiger partial charge on any atom is 0.261 e. The highest BCUT2D eigenvalue weighted by molar-refractivity contribution is 8.13. The molecule has 1 aromatic rings. The van der Waals surface area contributed by atoms with Gasteiger partial charge >= 0.3 is 0 Å². The fourth-order valence-corrected chi connectivity index (χ4v) is 2.80. The van der Waals surface area contributed by atoms with Crippen LogP contribution >= 0.6 is 10.7 Å². The molecule has 0 atom stereocenters. The second-order valence-electron chi connectivity index (χ2n) is 4.29. The molecule has 0 N–H and O–H groups in total. The fraction of sp³-hybridized carbons (Fsp3) is 0.455. The van der Waals surface area contributed by atoms with Crippen molar-refractivity contribution >= 4 is 29.6 Å². The summed E-state index contributed by atoms with van der Waals surface area (Å²) in [5.74, 6) is -1.40. The molecule has 0 spiro atoms. The van der Waals surface area contributed by atoms with Gasteiger partial charge in [-0.25, -0.2) is 21.2 Å². The predicted molar refractivity (Wildman–Crippen MR) is 73.9 cm³/mol. The van der Waals surface area contributed by atoms with E-state index in [0.29, 0.717) is 6.07 Å². The van der Waals surface area contributed by atoms with Crippen LogP contribution in [0.25, 0.3) is 0 Å². The smallest absolute Gasteiger partial charge is 0.261 e. The zero-order chi connectivity index (χ0) is 15.6. The first-order valence-electron chi connectivity index (χ1n) is 5.62. The summed E-state index contributed by atoms with van der Waals surface area (Å²) in [4.78, 5) is -0.390. The maximum atomic E-state index is 13.6. The molecule has 0 heterocycles. The summed E-state index contributed by atoms with van der Waals surface area (Å²) in [5.41, 5.74) is 0. The number of halogens is 2. The van der Waals surface area contributed by atoms with Crippen LogP contribution in [0.2, 0.25) is 0 Å². The third kappa shape index (κ3) is 4.60. The van der Waals surface area contributed by atoms with E-state index in [-0.39, 0.29) is 23.0 Å². The highest BCUT2D eigenvalue weighted by atomic mass is 35.7. The SMILES string of the molecule is CC(C)S(=O)(=O)CCOc1ccc(S(=O)(=O)Cl)cc1F. The van der Waals surface area contributed by atoms with Crippen LogP contribution in [-0.2, 0) is 18.9 Å². The average Bonchev–Trinajstić information content (AvgIpc) is 2.29. The lowest BCUT2D eigenvalue weighted by molar-refractivity contribution is 0.321. The van der Waals surface area contributed by atoms with Crippen molar-refractivity contribution < 1.29 is 26.0 Å². The van der Waals surface area contributed by atoms with E-state index in [9.17, 15) is 21.2 Å². The van der Waals surface area contributed by atoms with Gasteiger partial charge in [0.2, 0.25) is 0 Å². The Hall–Kier alpha value is -0.860. The molecule has 5 nitrogen and oxygen atoms in total. The minimum atomic E-state index is -4.02. The van der Waals surface area contributed by atoms with E-state index in [0.717, 1.165) is 12.1 Å². The quantitative estimate of drug-likeness (QED) is 0.737. The lowest BCUT2D eigenvalue weighted by Gasteiger charge is -2.10. The summed E-state index contributed by atoms with van der Waals surface area (Å²) in [6, 6.07) is 2.89. The summed E-state index contributed by atoms with van der Waals surface area (Å²) in [6.07, 6.45) is 0. The van der Waals surface area contributed by atoms with E-state index >= 15 is 0 Å². The molecule has 20 heavy (non-hydrogen) atoms. The molecule has 114 valence electrons. The predicted octanol–water partition coefficient (Wildman–Crippen LogP) is 1.96. The summed E-state index contributed by atoms with van der Waals surface area (Å²) in [7, 11) is -2.23. The van der Waals surface area contributed by atoms with Crippen molar-refractivity contribution in [2.75, 3.05) is 12.4 Å². The first-order chi connectivity index (χ1) is 9.04. The van der Waals surface area contributed by atoms with Crippen molar-refractivity contribution in [3.05, 3.63) is 24.0 Å². The summed E-state index contributed by atoms with van der Waals surface area (Å²) in [6.45, 7) is 2.86. The second kappa shape index (κ2) is 6.28. The number of rotatable bonds is 6. The van der Waals surface area contributed by atoms with Crippen LogP contribution < -0.4 is 4.74 Å². The van der Waals surface area contributed by atoms with E-state index in [4.69, 9.17) is 15.4 Å². The molecule has 0 aliphatic heterocycles. The lowest BCUT2D eigenvalue weighted by Crippen LogP contribution is -2.22. The van der Waals surface area contributed by atoms with Gasteiger partial charge in [-0.2, -0.15) is 0 Å². The zero-order valence-corrected chi connectivity index (χ0v) is 13.2. The highest BCUT2D eigenvalue weighted by Crippen LogP contribution is 2.23. The first-order valence-corrected chi connectivity index (χ1v) is 9.65. The molecule has 1 rings (SSSR count). The van der Waals surface area contributed by atoms with Crippen LogP contribution in [0.4, 0.5) is 4.39 Å². The van der Waals surface area contributed by atoms with Gasteiger partial charge < -0.3 is 4.74 Å². The Morgan fingerprint density at radius 3 is 2.30 bits per heavy atom. The van der Waals surface area contributed by atoms with Crippen molar-refractivity contribution in [1.29, 1.82) is 0 Å². The normalized spacial score (nSPS) is 12.7. The van der Waals surface area contributed by atoms with Gasteiger partial charge in [0.1, 0.15) is 6.61 Å². The van der Waals surface area contributed by atoms with Crippen molar-refractivity contribution in [1.82, 2.24) is 0 Å². The average molecular weight is 345 g/mol. The molecule has 0 saturated carbocycles. The Kier molecular flexibility index (Phi) is 5.39. The second-order valence-corrected chi connectivity index (χ2v) is 9.54. The molecule has 0 fully saturated rings. The van der Waals surface area contributed by atoms with Crippen molar-refractivity contribution in [3.63, 3.8) is 0 Å². The Balaban J connectivity index is 2.76. The summed E-state index contributed by atoms with van der Waals surface area (Å²) in [5, 5.41) is -0.542. The van der Waals surface area contributed by atoms with E-state index in [2.05, 4.69) is 0 Å². The molecule has 0 amide bonds. The number of ether oxygens (including phenoxy) is 1. The van der Waals surface area contributed by atoms with Gasteiger partial charge in [-0.15, -0.1) is 0 Å². The summed E-state index contributed by atoms with van der Waals surface area (Å²) < 4.78 is 63.6. The van der Waals surface area contributed by atoms with E-state index in [1.54, 1.807) is 0 Å². The molecule has 0 aliphatic carbocycles. The van der Waals surface area contributed by atoms with Crippen LogP contribution in [0.5, 0.6) is 5.75 Å². The Bertz CT molecular complexity index is 683. The number of hydrogen-bond acceptors (Lipinski definition) is 5. The van der Waals surface area contributed by atoms with Crippen LogP contribution in [0, 0.1) is 5.82 Å². The fourth-order valence-electron chi connectivity index (χ4n) is 1.25. The number of benzene rings is 1. The van der Waals surface area contributed by atoms with E-state index in [1.165, 1.54) is 13.8 Å². The molecule has 0 saturated heterocycles. The van der Waals surface area contributed by atoms with Crippen LogP contribution in [0.3, 0.4) is 0 Å². The third-order valence-electron chi connectivity index (χ3n) is 2.53. The molecular weight excluding hydrogens is 331 g/mol. The lowest BCUT2D eigenvalue weighted by atomic mass is 10.3. The Labute approximate surface area is 122 Å². The van der Waals surface area contributed by atoms with Crippen molar-refractivity contribution in [2.45, 2.75) is 24.0 Å². The Morgan fingerprint density at radius 2 is 1.85 bits per heavy atom. The minimum Gasteiger partial charge on any atom is -0.489 e.